The average Bonchev–Trinajstić information content (AvgIpc) is 3.53. The monoisotopic (exact) mass is 497 g/mol. The maximum Gasteiger partial charge on any atom is 0.226 e. The summed E-state index contributed by atoms with van der Waals surface area (Å²) in [5.74, 6) is 0.517. The normalized spacial score (nSPS) is 17.0. The fourth-order valence-corrected chi connectivity index (χ4v) is 4.87. The van der Waals surface area contributed by atoms with Gasteiger partial charge in [0.2, 0.25) is 5.91 Å². The number of rotatable bonds is 8. The molecule has 5 rings (SSSR count). The molecule has 1 amide bonds. The number of pyridine rings is 1. The van der Waals surface area contributed by atoms with Gasteiger partial charge in [-0.05, 0) is 60.2 Å². The minimum absolute atomic E-state index is 0.107. The topological polar surface area (TPSA) is 71.4 Å². The SMILES string of the molecule is COc1ccccc1NC(=O)CCN1C(=S)N[C@@H](c2ccccn2)[C@H]1c1ccn(-c2ccccc2)c1. The third-order valence-corrected chi connectivity index (χ3v) is 6.62. The summed E-state index contributed by atoms with van der Waals surface area (Å²) < 4.78 is 7.45. The van der Waals surface area contributed by atoms with E-state index in [-0.39, 0.29) is 24.4 Å². The van der Waals surface area contributed by atoms with Gasteiger partial charge in [-0.25, -0.2) is 0 Å². The molecule has 2 aromatic carbocycles. The maximum atomic E-state index is 12.9. The maximum absolute atomic E-state index is 12.9. The number of carbonyl (C=O) groups excluding carboxylic acids is 1. The van der Waals surface area contributed by atoms with Crippen LogP contribution in [0.4, 0.5) is 5.69 Å². The van der Waals surface area contributed by atoms with Crippen molar-refractivity contribution in [3.63, 3.8) is 0 Å². The lowest BCUT2D eigenvalue weighted by atomic mass is 9.99. The summed E-state index contributed by atoms with van der Waals surface area (Å²) in [4.78, 5) is 19.5. The highest BCUT2D eigenvalue weighted by atomic mass is 32.1. The average molecular weight is 498 g/mol. The highest BCUT2D eigenvalue weighted by molar-refractivity contribution is 7.80. The van der Waals surface area contributed by atoms with E-state index in [0.29, 0.717) is 23.1 Å². The second kappa shape index (κ2) is 10.6. The summed E-state index contributed by atoms with van der Waals surface area (Å²) in [6.45, 7) is 0.456. The first kappa shape index (κ1) is 23.6. The quantitative estimate of drug-likeness (QED) is 0.338. The zero-order valence-electron chi connectivity index (χ0n) is 19.9. The van der Waals surface area contributed by atoms with Gasteiger partial charge in [0.25, 0.3) is 0 Å². The molecule has 1 aliphatic rings. The van der Waals surface area contributed by atoms with E-state index in [2.05, 4.69) is 49.5 Å². The Labute approximate surface area is 215 Å². The number of hydrogen-bond acceptors (Lipinski definition) is 4. The lowest BCUT2D eigenvalue weighted by Crippen LogP contribution is -2.32. The molecule has 2 N–H and O–H groups in total. The summed E-state index contributed by atoms with van der Waals surface area (Å²) in [5, 5.41) is 7.00. The van der Waals surface area contributed by atoms with Crippen molar-refractivity contribution in [2.24, 2.45) is 0 Å². The van der Waals surface area contributed by atoms with E-state index in [1.807, 2.05) is 66.9 Å². The van der Waals surface area contributed by atoms with Gasteiger partial charge in [-0.1, -0.05) is 36.4 Å². The van der Waals surface area contributed by atoms with Gasteiger partial charge in [-0.3, -0.25) is 9.78 Å². The second-order valence-electron chi connectivity index (χ2n) is 8.51. The molecule has 8 heteroatoms. The first-order chi connectivity index (χ1) is 17.6. The van der Waals surface area contributed by atoms with Crippen molar-refractivity contribution in [1.82, 2.24) is 19.8 Å². The van der Waals surface area contributed by atoms with Crippen molar-refractivity contribution in [1.29, 1.82) is 0 Å². The Bertz CT molecular complexity index is 1340. The van der Waals surface area contributed by atoms with Crippen LogP contribution in [0.5, 0.6) is 5.75 Å². The van der Waals surface area contributed by atoms with Crippen molar-refractivity contribution in [2.75, 3.05) is 19.0 Å². The van der Waals surface area contributed by atoms with Crippen LogP contribution in [0.1, 0.15) is 29.8 Å². The number of thiocarbonyl (C=S) groups is 1. The predicted octanol–water partition coefficient (Wildman–Crippen LogP) is 4.88. The van der Waals surface area contributed by atoms with Gasteiger partial charge in [0.05, 0.1) is 30.6 Å². The third-order valence-electron chi connectivity index (χ3n) is 6.27. The van der Waals surface area contributed by atoms with Crippen LogP contribution < -0.4 is 15.4 Å². The molecule has 0 unspecified atom stereocenters. The van der Waals surface area contributed by atoms with Gasteiger partial charge in [0.1, 0.15) is 5.75 Å². The molecule has 7 nitrogen and oxygen atoms in total. The van der Waals surface area contributed by atoms with Gasteiger partial charge in [0.15, 0.2) is 5.11 Å². The van der Waals surface area contributed by atoms with Crippen LogP contribution in [-0.4, -0.2) is 39.1 Å². The van der Waals surface area contributed by atoms with Crippen molar-refractivity contribution in [2.45, 2.75) is 18.5 Å². The Morgan fingerprint density at radius 1 is 1.06 bits per heavy atom. The number of amides is 1. The molecule has 36 heavy (non-hydrogen) atoms. The summed E-state index contributed by atoms with van der Waals surface area (Å²) in [7, 11) is 1.59. The van der Waals surface area contributed by atoms with Crippen LogP contribution in [-0.2, 0) is 4.79 Å². The van der Waals surface area contributed by atoms with Crippen molar-refractivity contribution >= 4 is 28.9 Å². The van der Waals surface area contributed by atoms with E-state index in [1.54, 1.807) is 13.3 Å². The number of hydrogen-bond donors (Lipinski definition) is 2. The number of benzene rings is 2. The molecule has 1 aliphatic heterocycles. The highest BCUT2D eigenvalue weighted by Crippen LogP contribution is 2.39. The lowest BCUT2D eigenvalue weighted by Gasteiger charge is -2.27. The molecule has 0 saturated carbocycles. The van der Waals surface area contributed by atoms with Gasteiger partial charge >= 0.3 is 0 Å². The van der Waals surface area contributed by atoms with E-state index in [0.717, 1.165) is 16.9 Å². The molecule has 0 bridgehead atoms. The summed E-state index contributed by atoms with van der Waals surface area (Å²) in [5.41, 5.74) is 3.72. The Balaban J connectivity index is 1.39. The van der Waals surface area contributed by atoms with Crippen LogP contribution in [0.25, 0.3) is 5.69 Å². The Morgan fingerprint density at radius 3 is 2.61 bits per heavy atom. The van der Waals surface area contributed by atoms with E-state index >= 15 is 0 Å². The Morgan fingerprint density at radius 2 is 1.83 bits per heavy atom. The molecule has 1 saturated heterocycles. The van der Waals surface area contributed by atoms with E-state index < -0.39 is 0 Å². The highest BCUT2D eigenvalue weighted by Gasteiger charge is 2.40. The lowest BCUT2D eigenvalue weighted by molar-refractivity contribution is -0.116. The molecule has 2 aromatic heterocycles. The van der Waals surface area contributed by atoms with Gasteiger partial charge in [-0.15, -0.1) is 0 Å². The van der Waals surface area contributed by atoms with Gasteiger partial charge in [0, 0.05) is 37.2 Å². The van der Waals surface area contributed by atoms with Crippen LogP contribution in [0.2, 0.25) is 0 Å². The van der Waals surface area contributed by atoms with Crippen LogP contribution in [0.15, 0.2) is 97.5 Å². The van der Waals surface area contributed by atoms with Gasteiger partial charge in [-0.2, -0.15) is 0 Å². The van der Waals surface area contributed by atoms with Crippen molar-refractivity contribution in [3.05, 3.63) is 109 Å². The standard InChI is InChI=1S/C28H27N5O2S/c1-35-24-13-6-5-11-22(24)30-25(34)15-18-33-27(26(31-28(33)36)23-12-7-8-16-29-23)20-14-17-32(19-20)21-9-3-2-4-10-21/h2-14,16-17,19,26-27H,15,18H2,1H3,(H,30,34)(H,31,36)/t26-,27+/m0/s1. The molecule has 2 atom stereocenters. The van der Waals surface area contributed by atoms with Gasteiger partial charge < -0.3 is 24.8 Å². The largest absolute Gasteiger partial charge is 0.495 e. The minimum Gasteiger partial charge on any atom is -0.495 e. The first-order valence-electron chi connectivity index (χ1n) is 11.8. The molecule has 0 radical (unpaired) electrons. The fraction of sp³-hybridized carbons (Fsp3) is 0.179. The minimum atomic E-state index is -0.136. The number of aromatic nitrogens is 2. The van der Waals surface area contributed by atoms with E-state index in [9.17, 15) is 4.79 Å². The predicted molar refractivity (Wildman–Crippen MR) is 144 cm³/mol. The van der Waals surface area contributed by atoms with Crippen LogP contribution in [0.3, 0.4) is 0 Å². The summed E-state index contributed by atoms with van der Waals surface area (Å²) in [6, 6.07) is 25.3. The zero-order chi connectivity index (χ0) is 24.9. The molecule has 4 aromatic rings. The summed E-state index contributed by atoms with van der Waals surface area (Å²) in [6.07, 6.45) is 6.22. The first-order valence-corrected chi connectivity index (χ1v) is 12.2. The van der Waals surface area contributed by atoms with E-state index in [4.69, 9.17) is 17.0 Å². The molecule has 3 heterocycles. The second-order valence-corrected chi connectivity index (χ2v) is 8.89. The number of carbonyl (C=O) groups is 1. The number of methoxy groups -OCH3 is 1. The number of para-hydroxylation sites is 3. The van der Waals surface area contributed by atoms with Crippen molar-refractivity contribution in [3.8, 4) is 11.4 Å². The van der Waals surface area contributed by atoms with Crippen molar-refractivity contribution < 1.29 is 9.53 Å². The molecular weight excluding hydrogens is 470 g/mol. The van der Waals surface area contributed by atoms with Crippen LogP contribution in [0, 0.1) is 0 Å². The third kappa shape index (κ3) is 4.94. The molecule has 1 fully saturated rings. The smallest absolute Gasteiger partial charge is 0.226 e. The number of nitrogens with one attached hydrogen (secondary N) is 2. The zero-order valence-corrected chi connectivity index (χ0v) is 20.7. The number of anilines is 1. The summed E-state index contributed by atoms with van der Waals surface area (Å²) >= 11 is 5.74. The van der Waals surface area contributed by atoms with Crippen LogP contribution >= 0.6 is 12.2 Å². The Kier molecular flexibility index (Phi) is 6.95. The number of ether oxygens (including phenoxy) is 1. The number of nitrogens with zero attached hydrogens (tertiary/aromatic N) is 3. The van der Waals surface area contributed by atoms with E-state index in [1.165, 1.54) is 0 Å². The molecular formula is C28H27N5O2S. The fourth-order valence-electron chi connectivity index (χ4n) is 4.54. The molecule has 0 aliphatic carbocycles. The Hall–Kier alpha value is -4.17. The molecule has 0 spiro atoms. The molecule has 182 valence electrons.